The van der Waals surface area contributed by atoms with Crippen molar-refractivity contribution in [1.29, 1.82) is 0 Å². The average Bonchev–Trinajstić information content (AvgIpc) is 2.91. The molecule has 2 N–H and O–H groups in total. The SMILES string of the molecule is Cc1ccc(OCC(O)CNCc2ccsc2)c(C)c1. The fraction of sp³-hybridized carbons (Fsp3) is 0.375. The van der Waals surface area contributed by atoms with E-state index in [9.17, 15) is 5.11 Å². The van der Waals surface area contributed by atoms with E-state index in [-0.39, 0.29) is 0 Å². The zero-order valence-electron chi connectivity index (χ0n) is 11.9. The minimum Gasteiger partial charge on any atom is -0.491 e. The number of aryl methyl sites for hydroxylation is 2. The predicted molar refractivity (Wildman–Crippen MR) is 83.4 cm³/mol. The molecule has 0 aliphatic carbocycles. The minimum absolute atomic E-state index is 0.306. The molecule has 1 atom stereocenters. The molecule has 0 fully saturated rings. The van der Waals surface area contributed by atoms with Gasteiger partial charge in [0.1, 0.15) is 18.5 Å². The van der Waals surface area contributed by atoms with Crippen LogP contribution in [0.15, 0.2) is 35.0 Å². The summed E-state index contributed by atoms with van der Waals surface area (Å²) in [5.74, 6) is 0.840. The maximum atomic E-state index is 9.90. The average molecular weight is 291 g/mol. The Morgan fingerprint density at radius 3 is 2.85 bits per heavy atom. The Hall–Kier alpha value is -1.36. The van der Waals surface area contributed by atoms with Gasteiger partial charge in [-0.05, 0) is 47.9 Å². The van der Waals surface area contributed by atoms with Crippen LogP contribution in [0.1, 0.15) is 16.7 Å². The van der Waals surface area contributed by atoms with Crippen LogP contribution >= 0.6 is 11.3 Å². The molecule has 2 rings (SSSR count). The van der Waals surface area contributed by atoms with E-state index in [1.54, 1.807) is 11.3 Å². The van der Waals surface area contributed by atoms with E-state index < -0.39 is 6.10 Å². The van der Waals surface area contributed by atoms with Gasteiger partial charge in [-0.25, -0.2) is 0 Å². The summed E-state index contributed by atoms with van der Waals surface area (Å²) in [4.78, 5) is 0. The molecule has 0 aliphatic rings. The highest BCUT2D eigenvalue weighted by molar-refractivity contribution is 7.07. The van der Waals surface area contributed by atoms with Crippen molar-refractivity contribution in [1.82, 2.24) is 5.32 Å². The van der Waals surface area contributed by atoms with Crippen LogP contribution in [-0.2, 0) is 6.54 Å². The third-order valence-corrected chi connectivity index (χ3v) is 3.78. The molecule has 4 heteroatoms. The number of hydrogen-bond acceptors (Lipinski definition) is 4. The van der Waals surface area contributed by atoms with Crippen LogP contribution < -0.4 is 10.1 Å². The minimum atomic E-state index is -0.505. The summed E-state index contributed by atoms with van der Waals surface area (Å²) in [5.41, 5.74) is 3.56. The quantitative estimate of drug-likeness (QED) is 0.824. The van der Waals surface area contributed by atoms with Gasteiger partial charge in [-0.15, -0.1) is 0 Å². The molecular weight excluding hydrogens is 270 g/mol. The second kappa shape index (κ2) is 7.43. The Morgan fingerprint density at radius 2 is 2.15 bits per heavy atom. The third kappa shape index (κ3) is 4.63. The summed E-state index contributed by atoms with van der Waals surface area (Å²) in [7, 11) is 0. The molecule has 0 aliphatic heterocycles. The smallest absolute Gasteiger partial charge is 0.122 e. The van der Waals surface area contributed by atoms with Crippen LogP contribution in [0.5, 0.6) is 5.75 Å². The van der Waals surface area contributed by atoms with Crippen LogP contribution in [0, 0.1) is 13.8 Å². The Balaban J connectivity index is 1.70. The standard InChI is InChI=1S/C16H21NO2S/c1-12-3-4-16(13(2)7-12)19-10-15(18)9-17-8-14-5-6-20-11-14/h3-7,11,15,17-18H,8-10H2,1-2H3. The van der Waals surface area contributed by atoms with Gasteiger partial charge in [-0.2, -0.15) is 11.3 Å². The molecule has 3 nitrogen and oxygen atoms in total. The highest BCUT2D eigenvalue weighted by Gasteiger charge is 2.06. The molecule has 0 spiro atoms. The number of thiophene rings is 1. The highest BCUT2D eigenvalue weighted by Crippen LogP contribution is 2.18. The molecule has 20 heavy (non-hydrogen) atoms. The molecule has 0 saturated carbocycles. The zero-order valence-corrected chi connectivity index (χ0v) is 12.7. The summed E-state index contributed by atoms with van der Waals surface area (Å²) < 4.78 is 5.65. The molecule has 0 amide bonds. The van der Waals surface area contributed by atoms with Crippen molar-refractivity contribution in [2.75, 3.05) is 13.2 Å². The highest BCUT2D eigenvalue weighted by atomic mass is 32.1. The second-order valence-corrected chi connectivity index (χ2v) is 5.78. The topological polar surface area (TPSA) is 41.5 Å². The lowest BCUT2D eigenvalue weighted by Gasteiger charge is -2.14. The van der Waals surface area contributed by atoms with E-state index >= 15 is 0 Å². The van der Waals surface area contributed by atoms with E-state index in [1.807, 2.05) is 19.1 Å². The summed E-state index contributed by atoms with van der Waals surface area (Å²) >= 11 is 1.68. The molecule has 1 aromatic carbocycles. The molecule has 0 saturated heterocycles. The summed E-state index contributed by atoms with van der Waals surface area (Å²) in [6.45, 7) is 5.69. The number of aliphatic hydroxyl groups is 1. The van der Waals surface area contributed by atoms with E-state index in [2.05, 4.69) is 35.1 Å². The number of benzene rings is 1. The molecular formula is C16H21NO2S. The van der Waals surface area contributed by atoms with Gasteiger partial charge in [-0.1, -0.05) is 17.7 Å². The lowest BCUT2D eigenvalue weighted by Crippen LogP contribution is -2.31. The number of hydrogen-bond donors (Lipinski definition) is 2. The summed E-state index contributed by atoms with van der Waals surface area (Å²) in [6.07, 6.45) is -0.505. The Morgan fingerprint density at radius 1 is 1.30 bits per heavy atom. The van der Waals surface area contributed by atoms with Crippen LogP contribution in [-0.4, -0.2) is 24.4 Å². The van der Waals surface area contributed by atoms with Crippen molar-refractivity contribution in [3.05, 3.63) is 51.7 Å². The van der Waals surface area contributed by atoms with Crippen molar-refractivity contribution in [3.63, 3.8) is 0 Å². The van der Waals surface area contributed by atoms with Crippen molar-refractivity contribution in [2.45, 2.75) is 26.5 Å². The molecule has 1 aromatic heterocycles. The second-order valence-electron chi connectivity index (χ2n) is 5.00. The number of ether oxygens (including phenoxy) is 1. The zero-order chi connectivity index (χ0) is 14.4. The largest absolute Gasteiger partial charge is 0.491 e. The maximum absolute atomic E-state index is 9.90. The molecule has 1 heterocycles. The first-order chi connectivity index (χ1) is 9.65. The van der Waals surface area contributed by atoms with Crippen LogP contribution in [0.2, 0.25) is 0 Å². The first-order valence-corrected chi connectivity index (χ1v) is 7.69. The van der Waals surface area contributed by atoms with Gasteiger partial charge < -0.3 is 15.2 Å². The molecule has 0 bridgehead atoms. The predicted octanol–water partition coefficient (Wildman–Crippen LogP) is 2.89. The van der Waals surface area contributed by atoms with Gasteiger partial charge in [0.2, 0.25) is 0 Å². The van der Waals surface area contributed by atoms with Crippen LogP contribution in [0.25, 0.3) is 0 Å². The van der Waals surface area contributed by atoms with E-state index in [4.69, 9.17) is 4.74 Å². The summed E-state index contributed by atoms with van der Waals surface area (Å²) in [6, 6.07) is 8.13. The molecule has 1 unspecified atom stereocenters. The van der Waals surface area contributed by atoms with Gasteiger partial charge in [-0.3, -0.25) is 0 Å². The first-order valence-electron chi connectivity index (χ1n) is 6.75. The number of nitrogens with one attached hydrogen (secondary N) is 1. The third-order valence-electron chi connectivity index (χ3n) is 3.05. The van der Waals surface area contributed by atoms with E-state index in [0.29, 0.717) is 13.2 Å². The van der Waals surface area contributed by atoms with Gasteiger partial charge in [0.25, 0.3) is 0 Å². The van der Waals surface area contributed by atoms with Crippen LogP contribution in [0.4, 0.5) is 0 Å². The number of aliphatic hydroxyl groups excluding tert-OH is 1. The molecule has 0 radical (unpaired) electrons. The Labute approximate surface area is 124 Å². The maximum Gasteiger partial charge on any atom is 0.122 e. The monoisotopic (exact) mass is 291 g/mol. The Bertz CT molecular complexity index is 525. The molecule has 108 valence electrons. The van der Waals surface area contributed by atoms with Crippen molar-refractivity contribution in [3.8, 4) is 5.75 Å². The summed E-state index contributed by atoms with van der Waals surface area (Å²) in [5, 5.41) is 17.3. The fourth-order valence-electron chi connectivity index (χ4n) is 1.98. The Kier molecular flexibility index (Phi) is 5.59. The molecule has 2 aromatic rings. The lowest BCUT2D eigenvalue weighted by atomic mass is 10.1. The first kappa shape index (κ1) is 15.0. The van der Waals surface area contributed by atoms with Gasteiger partial charge >= 0.3 is 0 Å². The fourth-order valence-corrected chi connectivity index (χ4v) is 2.65. The van der Waals surface area contributed by atoms with Crippen LogP contribution in [0.3, 0.4) is 0 Å². The van der Waals surface area contributed by atoms with Gasteiger partial charge in [0.05, 0.1) is 0 Å². The number of rotatable bonds is 7. The van der Waals surface area contributed by atoms with Gasteiger partial charge in [0.15, 0.2) is 0 Å². The van der Waals surface area contributed by atoms with E-state index in [0.717, 1.165) is 17.9 Å². The van der Waals surface area contributed by atoms with Crippen molar-refractivity contribution >= 4 is 11.3 Å². The van der Waals surface area contributed by atoms with E-state index in [1.165, 1.54) is 11.1 Å². The van der Waals surface area contributed by atoms with Crippen molar-refractivity contribution in [2.24, 2.45) is 0 Å². The lowest BCUT2D eigenvalue weighted by molar-refractivity contribution is 0.106. The van der Waals surface area contributed by atoms with Crippen molar-refractivity contribution < 1.29 is 9.84 Å². The van der Waals surface area contributed by atoms with Gasteiger partial charge in [0, 0.05) is 13.1 Å². The normalized spacial score (nSPS) is 12.3.